The number of hydrogen-bond acceptors (Lipinski definition) is 4. The van der Waals surface area contributed by atoms with E-state index in [2.05, 4.69) is 4.72 Å². The van der Waals surface area contributed by atoms with Crippen molar-refractivity contribution in [3.05, 3.63) is 17.0 Å². The van der Waals surface area contributed by atoms with Gasteiger partial charge in [-0.15, -0.1) is 11.3 Å². The molecule has 0 saturated carbocycles. The Kier molecular flexibility index (Phi) is 4.45. The minimum atomic E-state index is -3.46. The van der Waals surface area contributed by atoms with Crippen LogP contribution in [0.5, 0.6) is 0 Å². The quantitative estimate of drug-likeness (QED) is 0.755. The number of sulfonamides is 1. The number of rotatable bonds is 6. The van der Waals surface area contributed by atoms with Crippen molar-refractivity contribution in [1.29, 1.82) is 0 Å². The molecule has 0 saturated heterocycles. The molecule has 0 unspecified atom stereocenters. The maximum absolute atomic E-state index is 11.6. The SMILES string of the molecule is Cc1ccc(S(=O)(=O)NCCCC(=O)O)s1. The third kappa shape index (κ3) is 3.92. The Bertz CT molecular complexity index is 464. The fourth-order valence-electron chi connectivity index (χ4n) is 1.07. The van der Waals surface area contributed by atoms with Crippen LogP contribution in [0.15, 0.2) is 16.3 Å². The van der Waals surface area contributed by atoms with Crippen LogP contribution in [0.25, 0.3) is 0 Å². The molecule has 90 valence electrons. The minimum absolute atomic E-state index is 0.0357. The number of nitrogens with one attached hydrogen (secondary N) is 1. The number of aryl methyl sites for hydroxylation is 1. The molecule has 0 atom stereocenters. The molecule has 7 heteroatoms. The van der Waals surface area contributed by atoms with Gasteiger partial charge in [0, 0.05) is 17.8 Å². The van der Waals surface area contributed by atoms with Crippen LogP contribution in [0, 0.1) is 6.92 Å². The second-order valence-electron chi connectivity index (χ2n) is 3.26. The van der Waals surface area contributed by atoms with E-state index in [1.165, 1.54) is 11.3 Å². The van der Waals surface area contributed by atoms with Crippen LogP contribution in [-0.4, -0.2) is 26.0 Å². The van der Waals surface area contributed by atoms with Gasteiger partial charge in [-0.05, 0) is 25.5 Å². The van der Waals surface area contributed by atoms with Gasteiger partial charge in [-0.25, -0.2) is 13.1 Å². The van der Waals surface area contributed by atoms with Crippen molar-refractivity contribution in [2.24, 2.45) is 0 Å². The number of thiophene rings is 1. The molecule has 0 aromatic carbocycles. The first-order chi connectivity index (χ1) is 7.42. The topological polar surface area (TPSA) is 83.5 Å². The van der Waals surface area contributed by atoms with Crippen LogP contribution in [0.1, 0.15) is 17.7 Å². The predicted molar refractivity (Wildman–Crippen MR) is 61.1 cm³/mol. The molecule has 0 spiro atoms. The van der Waals surface area contributed by atoms with Crippen molar-refractivity contribution in [1.82, 2.24) is 4.72 Å². The molecule has 2 N–H and O–H groups in total. The molecule has 5 nitrogen and oxygen atoms in total. The van der Waals surface area contributed by atoms with Crippen molar-refractivity contribution in [3.8, 4) is 0 Å². The Morgan fingerprint density at radius 3 is 2.69 bits per heavy atom. The van der Waals surface area contributed by atoms with E-state index < -0.39 is 16.0 Å². The van der Waals surface area contributed by atoms with E-state index in [0.29, 0.717) is 6.42 Å². The first-order valence-corrected chi connectivity index (χ1v) is 7.00. The lowest BCUT2D eigenvalue weighted by Crippen LogP contribution is -2.24. The van der Waals surface area contributed by atoms with E-state index in [1.807, 2.05) is 6.92 Å². The van der Waals surface area contributed by atoms with E-state index in [9.17, 15) is 13.2 Å². The maximum atomic E-state index is 11.6. The van der Waals surface area contributed by atoms with Crippen molar-refractivity contribution in [2.45, 2.75) is 24.0 Å². The molecule has 16 heavy (non-hydrogen) atoms. The third-order valence-electron chi connectivity index (χ3n) is 1.84. The van der Waals surface area contributed by atoms with Gasteiger partial charge in [-0.2, -0.15) is 0 Å². The molecule has 0 radical (unpaired) electrons. The fraction of sp³-hybridized carbons (Fsp3) is 0.444. The van der Waals surface area contributed by atoms with Crippen LogP contribution in [0.4, 0.5) is 0 Å². The van der Waals surface area contributed by atoms with Gasteiger partial charge in [-0.3, -0.25) is 4.79 Å². The van der Waals surface area contributed by atoms with Gasteiger partial charge in [0.1, 0.15) is 4.21 Å². The summed E-state index contributed by atoms with van der Waals surface area (Å²) >= 11 is 1.19. The van der Waals surface area contributed by atoms with Crippen LogP contribution in [-0.2, 0) is 14.8 Å². The Balaban J connectivity index is 2.50. The van der Waals surface area contributed by atoms with Gasteiger partial charge in [-0.1, -0.05) is 0 Å². The largest absolute Gasteiger partial charge is 0.481 e. The zero-order chi connectivity index (χ0) is 12.2. The summed E-state index contributed by atoms with van der Waals surface area (Å²) < 4.78 is 25.9. The van der Waals surface area contributed by atoms with Gasteiger partial charge in [0.15, 0.2) is 0 Å². The van der Waals surface area contributed by atoms with Crippen molar-refractivity contribution < 1.29 is 18.3 Å². The summed E-state index contributed by atoms with van der Waals surface area (Å²) in [5.74, 6) is -0.925. The van der Waals surface area contributed by atoms with Crippen molar-refractivity contribution in [2.75, 3.05) is 6.54 Å². The van der Waals surface area contributed by atoms with E-state index >= 15 is 0 Å². The first kappa shape index (κ1) is 13.1. The number of carbonyl (C=O) groups is 1. The molecule has 0 bridgehead atoms. The fourth-order valence-corrected chi connectivity index (χ4v) is 3.48. The number of hydrogen-bond donors (Lipinski definition) is 2. The van der Waals surface area contributed by atoms with E-state index in [-0.39, 0.29) is 17.2 Å². The predicted octanol–water partition coefficient (Wildman–Crippen LogP) is 1.20. The van der Waals surface area contributed by atoms with Crippen LogP contribution < -0.4 is 4.72 Å². The van der Waals surface area contributed by atoms with Crippen LogP contribution in [0.3, 0.4) is 0 Å². The summed E-state index contributed by atoms with van der Waals surface area (Å²) in [6.45, 7) is 1.97. The summed E-state index contributed by atoms with van der Waals surface area (Å²) in [6.07, 6.45) is 0.255. The van der Waals surface area contributed by atoms with Gasteiger partial charge in [0.25, 0.3) is 0 Å². The average Bonchev–Trinajstić information content (AvgIpc) is 2.60. The number of aliphatic carboxylic acids is 1. The number of carboxylic acid groups (broad SMARTS) is 1. The van der Waals surface area contributed by atoms with E-state index in [4.69, 9.17) is 5.11 Å². The zero-order valence-corrected chi connectivity index (χ0v) is 10.4. The zero-order valence-electron chi connectivity index (χ0n) is 8.76. The minimum Gasteiger partial charge on any atom is -0.481 e. The molecule has 0 amide bonds. The lowest BCUT2D eigenvalue weighted by Gasteiger charge is -2.02. The normalized spacial score (nSPS) is 11.6. The molecule has 0 aliphatic heterocycles. The average molecular weight is 263 g/mol. The Labute approximate surface area is 98.2 Å². The lowest BCUT2D eigenvalue weighted by molar-refractivity contribution is -0.137. The second kappa shape index (κ2) is 5.42. The van der Waals surface area contributed by atoms with Gasteiger partial charge in [0.05, 0.1) is 0 Å². The standard InChI is InChI=1S/C9H13NO4S2/c1-7-4-5-9(15-7)16(13,14)10-6-2-3-8(11)12/h4-5,10H,2-3,6H2,1H3,(H,11,12). The van der Waals surface area contributed by atoms with Crippen LogP contribution >= 0.6 is 11.3 Å². The maximum Gasteiger partial charge on any atom is 0.303 e. The van der Waals surface area contributed by atoms with Gasteiger partial charge >= 0.3 is 5.97 Å². The summed E-state index contributed by atoms with van der Waals surface area (Å²) in [4.78, 5) is 11.1. The molecular formula is C9H13NO4S2. The van der Waals surface area contributed by atoms with Crippen LogP contribution in [0.2, 0.25) is 0 Å². The summed E-state index contributed by atoms with van der Waals surface area (Å²) in [5, 5.41) is 8.39. The monoisotopic (exact) mass is 263 g/mol. The molecule has 0 fully saturated rings. The highest BCUT2D eigenvalue weighted by molar-refractivity contribution is 7.91. The van der Waals surface area contributed by atoms with Crippen molar-refractivity contribution in [3.63, 3.8) is 0 Å². The molecule has 0 aliphatic carbocycles. The van der Waals surface area contributed by atoms with Gasteiger partial charge in [0.2, 0.25) is 10.0 Å². The molecule has 0 aliphatic rings. The molecule has 1 rings (SSSR count). The summed E-state index contributed by atoms with van der Waals surface area (Å²) in [5.41, 5.74) is 0. The molecule has 1 heterocycles. The molecular weight excluding hydrogens is 250 g/mol. The first-order valence-electron chi connectivity index (χ1n) is 4.70. The Morgan fingerprint density at radius 2 is 2.19 bits per heavy atom. The summed E-state index contributed by atoms with van der Waals surface area (Å²) in [6, 6.07) is 3.27. The molecule has 1 aromatic heterocycles. The smallest absolute Gasteiger partial charge is 0.303 e. The second-order valence-corrected chi connectivity index (χ2v) is 6.54. The molecule has 1 aromatic rings. The lowest BCUT2D eigenvalue weighted by atomic mass is 10.3. The van der Waals surface area contributed by atoms with E-state index in [1.54, 1.807) is 12.1 Å². The Hall–Kier alpha value is -0.920. The third-order valence-corrected chi connectivity index (χ3v) is 4.79. The summed E-state index contributed by atoms with van der Waals surface area (Å²) in [7, 11) is -3.46. The number of carboxylic acids is 1. The van der Waals surface area contributed by atoms with Crippen molar-refractivity contribution >= 4 is 27.3 Å². The van der Waals surface area contributed by atoms with Gasteiger partial charge < -0.3 is 5.11 Å². The highest BCUT2D eigenvalue weighted by atomic mass is 32.2. The Morgan fingerprint density at radius 1 is 1.50 bits per heavy atom. The highest BCUT2D eigenvalue weighted by Crippen LogP contribution is 2.20. The van der Waals surface area contributed by atoms with E-state index in [0.717, 1.165) is 4.88 Å². The highest BCUT2D eigenvalue weighted by Gasteiger charge is 2.15.